The Kier molecular flexibility index (Phi) is 6.61. The van der Waals surface area contributed by atoms with E-state index in [0.29, 0.717) is 47.2 Å². The van der Waals surface area contributed by atoms with Gasteiger partial charge in [0.2, 0.25) is 5.88 Å². The van der Waals surface area contributed by atoms with Crippen molar-refractivity contribution in [3.8, 4) is 5.88 Å². The number of amides is 1. The van der Waals surface area contributed by atoms with Crippen molar-refractivity contribution in [1.29, 1.82) is 0 Å². The Morgan fingerprint density at radius 1 is 1.12 bits per heavy atom. The molecule has 1 aromatic carbocycles. The first-order valence-electron chi connectivity index (χ1n) is 9.58. The van der Waals surface area contributed by atoms with Crippen LogP contribution in [-0.2, 0) is 12.6 Å². The van der Waals surface area contributed by atoms with E-state index in [1.54, 1.807) is 13.8 Å². The summed E-state index contributed by atoms with van der Waals surface area (Å²) < 4.78 is 58.4. The normalized spacial score (nSPS) is 11.2. The van der Waals surface area contributed by atoms with Crippen LogP contribution in [0.25, 0.3) is 0 Å². The van der Waals surface area contributed by atoms with Crippen LogP contribution < -0.4 is 15.4 Å². The number of nitrogens with zero attached hydrogens (tertiary/aromatic N) is 2. The van der Waals surface area contributed by atoms with E-state index < -0.39 is 23.5 Å². The molecule has 0 saturated heterocycles. The first-order valence-corrected chi connectivity index (χ1v) is 9.58. The quantitative estimate of drug-likeness (QED) is 0.487. The Morgan fingerprint density at radius 3 is 2.47 bits per heavy atom. The van der Waals surface area contributed by atoms with Crippen molar-refractivity contribution in [3.05, 3.63) is 70.8 Å². The summed E-state index contributed by atoms with van der Waals surface area (Å²) in [6.45, 7) is 3.42. The van der Waals surface area contributed by atoms with Crippen molar-refractivity contribution in [2.75, 3.05) is 17.7 Å². The number of carbonyl (C=O) groups is 1. The second-order valence-electron chi connectivity index (χ2n) is 6.84. The molecule has 3 aromatic rings. The molecule has 1 amide bonds. The molecule has 0 saturated carbocycles. The minimum atomic E-state index is -4.69. The molecule has 0 unspecified atom stereocenters. The molecule has 2 aromatic heterocycles. The van der Waals surface area contributed by atoms with Crippen LogP contribution in [0.15, 0.2) is 42.6 Å². The number of aryl methyl sites for hydroxylation is 2. The maximum absolute atomic E-state index is 13.6. The van der Waals surface area contributed by atoms with Gasteiger partial charge in [-0.15, -0.1) is 0 Å². The molecule has 0 radical (unpaired) electrons. The van der Waals surface area contributed by atoms with E-state index in [-0.39, 0.29) is 11.4 Å². The van der Waals surface area contributed by atoms with Gasteiger partial charge < -0.3 is 15.4 Å². The van der Waals surface area contributed by atoms with Gasteiger partial charge in [0.15, 0.2) is 0 Å². The summed E-state index contributed by atoms with van der Waals surface area (Å²) in [5.74, 6) is -1.04. The van der Waals surface area contributed by atoms with E-state index in [9.17, 15) is 22.4 Å². The zero-order valence-corrected chi connectivity index (χ0v) is 17.5. The second kappa shape index (κ2) is 9.21. The van der Waals surface area contributed by atoms with Gasteiger partial charge in [-0.1, -0.05) is 6.92 Å². The van der Waals surface area contributed by atoms with E-state index in [2.05, 4.69) is 20.6 Å². The fourth-order valence-corrected chi connectivity index (χ4v) is 2.97. The summed E-state index contributed by atoms with van der Waals surface area (Å²) in [5.41, 5.74) is 0.314. The molecule has 2 N–H and O–H groups in total. The second-order valence-corrected chi connectivity index (χ2v) is 6.84. The number of halogens is 4. The van der Waals surface area contributed by atoms with Gasteiger partial charge in [-0.05, 0) is 49.2 Å². The molecule has 6 nitrogen and oxygen atoms in total. The third kappa shape index (κ3) is 5.13. The summed E-state index contributed by atoms with van der Waals surface area (Å²) in [6.07, 6.45) is -3.60. The summed E-state index contributed by atoms with van der Waals surface area (Å²) in [6, 6.07) is 7.70. The van der Waals surface area contributed by atoms with Crippen LogP contribution in [0.4, 0.5) is 34.8 Å². The zero-order chi connectivity index (χ0) is 23.5. The number of nitrogens with one attached hydrogen (secondary N) is 2. The number of aromatic nitrogens is 2. The van der Waals surface area contributed by atoms with Crippen LogP contribution in [0, 0.1) is 12.7 Å². The monoisotopic (exact) mass is 448 g/mol. The summed E-state index contributed by atoms with van der Waals surface area (Å²) in [5, 5.41) is 5.41. The van der Waals surface area contributed by atoms with Gasteiger partial charge >= 0.3 is 6.18 Å². The Balaban J connectivity index is 2.01. The van der Waals surface area contributed by atoms with Crippen molar-refractivity contribution < 1.29 is 27.1 Å². The van der Waals surface area contributed by atoms with Crippen LogP contribution >= 0.6 is 0 Å². The van der Waals surface area contributed by atoms with Gasteiger partial charge in [0, 0.05) is 18.0 Å². The van der Waals surface area contributed by atoms with E-state index in [4.69, 9.17) is 4.74 Å². The first kappa shape index (κ1) is 23.0. The van der Waals surface area contributed by atoms with Crippen LogP contribution in [0.3, 0.4) is 0 Å². The lowest BCUT2D eigenvalue weighted by Gasteiger charge is -2.16. The van der Waals surface area contributed by atoms with Crippen molar-refractivity contribution in [2.24, 2.45) is 0 Å². The largest absolute Gasteiger partial charge is 0.481 e. The van der Waals surface area contributed by atoms with Crippen LogP contribution in [0.5, 0.6) is 5.88 Å². The molecule has 2 heterocycles. The lowest BCUT2D eigenvalue weighted by atomic mass is 10.1. The van der Waals surface area contributed by atoms with Gasteiger partial charge in [0.25, 0.3) is 5.91 Å². The molecular formula is C22H20F4N4O2. The molecule has 3 rings (SSSR count). The van der Waals surface area contributed by atoms with E-state index in [1.165, 1.54) is 37.4 Å². The molecule has 0 atom stereocenters. The molecule has 10 heteroatoms. The lowest BCUT2D eigenvalue weighted by molar-refractivity contribution is -0.137. The van der Waals surface area contributed by atoms with Crippen molar-refractivity contribution >= 4 is 23.1 Å². The highest BCUT2D eigenvalue weighted by atomic mass is 19.4. The first-order chi connectivity index (χ1) is 15.1. The van der Waals surface area contributed by atoms with E-state index >= 15 is 0 Å². The highest BCUT2D eigenvalue weighted by molar-refractivity contribution is 6.08. The minimum Gasteiger partial charge on any atom is -0.481 e. The number of benzene rings is 1. The summed E-state index contributed by atoms with van der Waals surface area (Å²) >= 11 is 0. The zero-order valence-electron chi connectivity index (χ0n) is 17.5. The van der Waals surface area contributed by atoms with Gasteiger partial charge in [0.1, 0.15) is 11.6 Å². The van der Waals surface area contributed by atoms with Gasteiger partial charge in [-0.3, -0.25) is 4.79 Å². The lowest BCUT2D eigenvalue weighted by Crippen LogP contribution is -2.18. The number of carbonyl (C=O) groups excluding carboxylic acids is 1. The van der Waals surface area contributed by atoms with Gasteiger partial charge in [-0.25, -0.2) is 14.4 Å². The Labute approximate surface area is 181 Å². The number of hydrogen-bond donors (Lipinski definition) is 2. The molecule has 0 aliphatic rings. The molecule has 0 fully saturated rings. The Bertz CT molecular complexity index is 1150. The Morgan fingerprint density at radius 2 is 1.84 bits per heavy atom. The van der Waals surface area contributed by atoms with Crippen LogP contribution in [0.1, 0.15) is 34.1 Å². The van der Waals surface area contributed by atoms with Crippen molar-refractivity contribution in [1.82, 2.24) is 9.97 Å². The van der Waals surface area contributed by atoms with Gasteiger partial charge in [-0.2, -0.15) is 13.2 Å². The molecule has 0 aliphatic carbocycles. The van der Waals surface area contributed by atoms with E-state index in [1.807, 2.05) is 0 Å². The SMILES string of the molecule is CCc1cc(F)ccc1Nc1ncc(C(F)(F)F)cc1C(=O)Nc1ccc(OC)nc1C. The maximum Gasteiger partial charge on any atom is 0.417 e. The van der Waals surface area contributed by atoms with Crippen molar-refractivity contribution in [3.63, 3.8) is 0 Å². The van der Waals surface area contributed by atoms with Crippen LogP contribution in [0.2, 0.25) is 0 Å². The highest BCUT2D eigenvalue weighted by Gasteiger charge is 2.33. The predicted octanol–water partition coefficient (Wildman–Crippen LogP) is 5.51. The fraction of sp³-hybridized carbons (Fsp3) is 0.227. The number of hydrogen-bond acceptors (Lipinski definition) is 5. The fourth-order valence-electron chi connectivity index (χ4n) is 2.97. The predicted molar refractivity (Wildman–Crippen MR) is 112 cm³/mol. The number of rotatable bonds is 6. The molecule has 0 bridgehead atoms. The molecule has 168 valence electrons. The van der Waals surface area contributed by atoms with E-state index in [0.717, 1.165) is 0 Å². The number of alkyl halides is 3. The third-order valence-electron chi connectivity index (χ3n) is 4.68. The molecular weight excluding hydrogens is 428 g/mol. The Hall–Kier alpha value is -3.69. The average Bonchev–Trinajstić information content (AvgIpc) is 2.75. The summed E-state index contributed by atoms with van der Waals surface area (Å²) in [4.78, 5) is 20.9. The maximum atomic E-state index is 13.6. The smallest absolute Gasteiger partial charge is 0.417 e. The highest BCUT2D eigenvalue weighted by Crippen LogP contribution is 2.32. The minimum absolute atomic E-state index is 0.101. The molecule has 0 spiro atoms. The van der Waals surface area contributed by atoms with Crippen molar-refractivity contribution in [2.45, 2.75) is 26.4 Å². The average molecular weight is 448 g/mol. The van der Waals surface area contributed by atoms with Gasteiger partial charge in [0.05, 0.1) is 29.6 Å². The topological polar surface area (TPSA) is 76.1 Å². The molecule has 32 heavy (non-hydrogen) atoms. The van der Waals surface area contributed by atoms with Crippen LogP contribution in [-0.4, -0.2) is 23.0 Å². The standard InChI is InChI=1S/C22H20F4N4O2/c1-4-13-9-15(23)5-6-18(13)29-20-16(10-14(11-27-20)22(24,25)26)21(31)30-17-7-8-19(32-3)28-12(17)2/h5-11H,4H2,1-3H3,(H,27,29)(H,30,31). The summed E-state index contributed by atoms with van der Waals surface area (Å²) in [7, 11) is 1.44. The number of methoxy groups -OCH3 is 1. The third-order valence-corrected chi connectivity index (χ3v) is 4.68. The number of pyridine rings is 2. The number of anilines is 3. The number of ether oxygens (including phenoxy) is 1. The molecule has 0 aliphatic heterocycles.